The molecule has 0 bridgehead atoms. The average Bonchev–Trinajstić information content (AvgIpc) is 3.04. The Morgan fingerprint density at radius 2 is 1.76 bits per heavy atom. The van der Waals surface area contributed by atoms with Crippen LogP contribution in [0.5, 0.6) is 0 Å². The van der Waals surface area contributed by atoms with Crippen molar-refractivity contribution in [1.29, 1.82) is 0 Å². The van der Waals surface area contributed by atoms with Gasteiger partial charge in [-0.25, -0.2) is 0 Å². The molecular formula is C17H14N2O2. The number of hydrogen-bond donors (Lipinski definition) is 2. The van der Waals surface area contributed by atoms with Crippen LogP contribution in [0, 0.1) is 0 Å². The number of carbonyl (C=O) groups is 1. The van der Waals surface area contributed by atoms with E-state index in [0.29, 0.717) is 11.1 Å². The minimum Gasteiger partial charge on any atom is -0.372 e. The van der Waals surface area contributed by atoms with Crippen LogP contribution in [0.4, 0.5) is 5.69 Å². The maximum atomic E-state index is 12.7. The van der Waals surface area contributed by atoms with Gasteiger partial charge in [-0.3, -0.25) is 4.79 Å². The molecule has 4 heteroatoms. The van der Waals surface area contributed by atoms with Crippen molar-refractivity contribution in [2.45, 2.75) is 5.60 Å². The highest BCUT2D eigenvalue weighted by Crippen LogP contribution is 2.45. The molecule has 2 heterocycles. The number of aliphatic hydroxyl groups is 1. The predicted molar refractivity (Wildman–Crippen MR) is 81.1 cm³/mol. The Bertz CT molecular complexity index is 868. The molecule has 104 valence electrons. The van der Waals surface area contributed by atoms with Crippen LogP contribution in [0.3, 0.4) is 0 Å². The molecule has 4 rings (SSSR count). The quantitative estimate of drug-likeness (QED) is 0.718. The van der Waals surface area contributed by atoms with Crippen LogP contribution < -0.4 is 4.90 Å². The van der Waals surface area contributed by atoms with Gasteiger partial charge in [0.25, 0.3) is 5.91 Å². The Labute approximate surface area is 121 Å². The number of aromatic amines is 1. The summed E-state index contributed by atoms with van der Waals surface area (Å²) in [6.45, 7) is 0. The summed E-state index contributed by atoms with van der Waals surface area (Å²) >= 11 is 0. The predicted octanol–water partition coefficient (Wildman–Crippen LogP) is 2.38. The first-order valence-electron chi connectivity index (χ1n) is 6.80. The van der Waals surface area contributed by atoms with Crippen molar-refractivity contribution in [3.63, 3.8) is 0 Å². The van der Waals surface area contributed by atoms with Gasteiger partial charge in [-0.2, -0.15) is 0 Å². The lowest BCUT2D eigenvalue weighted by Crippen LogP contribution is -2.39. The highest BCUT2D eigenvalue weighted by molar-refractivity contribution is 6.10. The van der Waals surface area contributed by atoms with E-state index in [9.17, 15) is 9.90 Å². The molecule has 0 saturated heterocycles. The third-order valence-corrected chi connectivity index (χ3v) is 4.25. The zero-order valence-electron chi connectivity index (χ0n) is 11.5. The number of likely N-dealkylation sites (N-methyl/N-ethyl adjacent to an activating group) is 1. The minimum absolute atomic E-state index is 0.326. The lowest BCUT2D eigenvalue weighted by molar-refractivity contribution is -0.131. The summed E-state index contributed by atoms with van der Waals surface area (Å²) in [7, 11) is 1.69. The van der Waals surface area contributed by atoms with E-state index in [4.69, 9.17) is 0 Å². The summed E-state index contributed by atoms with van der Waals surface area (Å²) in [5.41, 5.74) is 1.24. The number of H-pyrrole nitrogens is 1. The number of anilines is 1. The van der Waals surface area contributed by atoms with Crippen LogP contribution in [0.2, 0.25) is 0 Å². The van der Waals surface area contributed by atoms with E-state index in [2.05, 4.69) is 4.98 Å². The second-order valence-corrected chi connectivity index (χ2v) is 5.34. The largest absolute Gasteiger partial charge is 0.372 e. The SMILES string of the molecule is CN1C(=O)[C@@](O)(c2c[nH]c3ccccc23)c2ccccc21. The lowest BCUT2D eigenvalue weighted by Gasteiger charge is -2.21. The first-order valence-corrected chi connectivity index (χ1v) is 6.80. The van der Waals surface area contributed by atoms with E-state index < -0.39 is 5.60 Å². The van der Waals surface area contributed by atoms with E-state index in [-0.39, 0.29) is 5.91 Å². The molecular weight excluding hydrogens is 264 g/mol. The van der Waals surface area contributed by atoms with Crippen molar-refractivity contribution in [2.24, 2.45) is 0 Å². The number of nitrogens with zero attached hydrogens (tertiary/aromatic N) is 1. The Morgan fingerprint density at radius 3 is 2.62 bits per heavy atom. The molecule has 0 aliphatic carbocycles. The van der Waals surface area contributed by atoms with E-state index in [1.807, 2.05) is 42.5 Å². The topological polar surface area (TPSA) is 56.3 Å². The number of carbonyl (C=O) groups excluding carboxylic acids is 1. The molecule has 0 unspecified atom stereocenters. The number of benzene rings is 2. The molecule has 0 saturated carbocycles. The van der Waals surface area contributed by atoms with Crippen LogP contribution in [0.25, 0.3) is 10.9 Å². The summed E-state index contributed by atoms with van der Waals surface area (Å²) in [6, 6.07) is 15.0. The number of amides is 1. The van der Waals surface area contributed by atoms with E-state index >= 15 is 0 Å². The first-order chi connectivity index (χ1) is 10.1. The van der Waals surface area contributed by atoms with Crippen LogP contribution in [0.1, 0.15) is 11.1 Å². The second-order valence-electron chi connectivity index (χ2n) is 5.34. The monoisotopic (exact) mass is 278 g/mol. The van der Waals surface area contributed by atoms with E-state index in [1.54, 1.807) is 19.3 Å². The van der Waals surface area contributed by atoms with Gasteiger partial charge in [-0.1, -0.05) is 36.4 Å². The molecule has 1 atom stereocenters. The Morgan fingerprint density at radius 1 is 1.05 bits per heavy atom. The summed E-state index contributed by atoms with van der Waals surface area (Å²) < 4.78 is 0. The van der Waals surface area contributed by atoms with Crippen molar-refractivity contribution in [3.8, 4) is 0 Å². The molecule has 1 aromatic heterocycles. The normalized spacial score (nSPS) is 21.0. The number of para-hydroxylation sites is 2. The number of rotatable bonds is 1. The van der Waals surface area contributed by atoms with Gasteiger partial charge in [0.15, 0.2) is 5.60 Å². The third-order valence-electron chi connectivity index (χ3n) is 4.25. The van der Waals surface area contributed by atoms with Crippen LogP contribution in [-0.4, -0.2) is 23.0 Å². The van der Waals surface area contributed by atoms with Gasteiger partial charge in [0, 0.05) is 35.3 Å². The number of hydrogen-bond acceptors (Lipinski definition) is 2. The van der Waals surface area contributed by atoms with Gasteiger partial charge in [-0.15, -0.1) is 0 Å². The second kappa shape index (κ2) is 3.96. The Balaban J connectivity index is 2.05. The Kier molecular flexibility index (Phi) is 2.30. The molecule has 2 aromatic carbocycles. The van der Waals surface area contributed by atoms with Gasteiger partial charge in [-0.05, 0) is 12.1 Å². The van der Waals surface area contributed by atoms with Gasteiger partial charge in [0.05, 0.1) is 5.69 Å². The molecule has 4 nitrogen and oxygen atoms in total. The van der Waals surface area contributed by atoms with Crippen molar-refractivity contribution < 1.29 is 9.90 Å². The smallest absolute Gasteiger partial charge is 0.268 e. The molecule has 21 heavy (non-hydrogen) atoms. The molecule has 1 aliphatic rings. The third kappa shape index (κ3) is 1.40. The molecule has 0 fully saturated rings. The summed E-state index contributed by atoms with van der Waals surface area (Å²) in [5.74, 6) is -0.326. The fraction of sp³-hybridized carbons (Fsp3) is 0.118. The van der Waals surface area contributed by atoms with E-state index in [1.165, 1.54) is 4.90 Å². The minimum atomic E-state index is -1.63. The fourth-order valence-corrected chi connectivity index (χ4v) is 3.17. The maximum Gasteiger partial charge on any atom is 0.268 e. The zero-order valence-corrected chi connectivity index (χ0v) is 11.5. The number of fused-ring (bicyclic) bond motifs is 2. The average molecular weight is 278 g/mol. The van der Waals surface area contributed by atoms with Gasteiger partial charge >= 0.3 is 0 Å². The standard InChI is InChI=1S/C17H14N2O2/c1-19-15-9-5-3-7-12(15)17(21,16(19)20)13-10-18-14-8-4-2-6-11(13)14/h2-10,18,21H,1H3/t17-/m0/s1. The maximum absolute atomic E-state index is 12.7. The number of nitrogens with one attached hydrogen (secondary N) is 1. The Hall–Kier alpha value is -2.59. The van der Waals surface area contributed by atoms with Crippen LogP contribution >= 0.6 is 0 Å². The van der Waals surface area contributed by atoms with Gasteiger partial charge < -0.3 is 15.0 Å². The summed E-state index contributed by atoms with van der Waals surface area (Å²) in [5, 5.41) is 12.1. The molecule has 2 N–H and O–H groups in total. The molecule has 1 aliphatic heterocycles. The number of aromatic nitrogens is 1. The van der Waals surface area contributed by atoms with Crippen molar-refractivity contribution in [3.05, 3.63) is 65.9 Å². The van der Waals surface area contributed by atoms with Crippen LogP contribution in [0.15, 0.2) is 54.7 Å². The van der Waals surface area contributed by atoms with Gasteiger partial charge in [0.2, 0.25) is 0 Å². The summed E-state index contributed by atoms with van der Waals surface area (Å²) in [6.07, 6.45) is 1.72. The highest BCUT2D eigenvalue weighted by Gasteiger charge is 2.50. The molecule has 0 radical (unpaired) electrons. The van der Waals surface area contributed by atoms with Crippen molar-refractivity contribution >= 4 is 22.5 Å². The lowest BCUT2D eigenvalue weighted by atomic mass is 9.87. The molecule has 0 spiro atoms. The highest BCUT2D eigenvalue weighted by atomic mass is 16.3. The molecule has 1 amide bonds. The fourth-order valence-electron chi connectivity index (χ4n) is 3.17. The van der Waals surface area contributed by atoms with Crippen molar-refractivity contribution in [2.75, 3.05) is 11.9 Å². The van der Waals surface area contributed by atoms with Crippen LogP contribution in [-0.2, 0) is 10.4 Å². The zero-order chi connectivity index (χ0) is 14.6. The van der Waals surface area contributed by atoms with Crippen molar-refractivity contribution in [1.82, 2.24) is 4.98 Å². The van der Waals surface area contributed by atoms with Gasteiger partial charge in [0.1, 0.15) is 0 Å². The summed E-state index contributed by atoms with van der Waals surface area (Å²) in [4.78, 5) is 17.3. The molecule has 3 aromatic rings. The first kappa shape index (κ1) is 12.2. The van der Waals surface area contributed by atoms with E-state index in [0.717, 1.165) is 16.6 Å².